The van der Waals surface area contributed by atoms with Crippen molar-refractivity contribution in [1.29, 1.82) is 0 Å². The molecule has 5 rings (SSSR count). The highest BCUT2D eigenvalue weighted by molar-refractivity contribution is 5.80. The molecule has 37 heavy (non-hydrogen) atoms. The number of hydrogen-bond acceptors (Lipinski definition) is 7. The smallest absolute Gasteiger partial charge is 0.252 e. The van der Waals surface area contributed by atoms with Gasteiger partial charge < -0.3 is 14.5 Å². The quantitative estimate of drug-likeness (QED) is 0.314. The van der Waals surface area contributed by atoms with E-state index in [1.165, 1.54) is 0 Å². The predicted octanol–water partition coefficient (Wildman–Crippen LogP) is 3.78. The Morgan fingerprint density at radius 3 is 2.35 bits per heavy atom. The van der Waals surface area contributed by atoms with E-state index in [-0.39, 0.29) is 5.56 Å². The molecular weight excluding hydrogens is 468 g/mol. The Kier molecular flexibility index (Phi) is 7.23. The normalized spacial score (nSPS) is 11.2. The number of aromatic amines is 1. The summed E-state index contributed by atoms with van der Waals surface area (Å²) in [5.41, 5.74) is 3.51. The first-order chi connectivity index (χ1) is 18.1. The number of tetrazole rings is 1. The lowest BCUT2D eigenvalue weighted by atomic mass is 10.1. The lowest BCUT2D eigenvalue weighted by molar-refractivity contribution is 0.236. The molecule has 3 aromatic carbocycles. The van der Waals surface area contributed by atoms with Gasteiger partial charge in [-0.05, 0) is 58.0 Å². The molecule has 0 saturated carbocycles. The van der Waals surface area contributed by atoms with Gasteiger partial charge in [0.15, 0.2) is 5.82 Å². The van der Waals surface area contributed by atoms with Crippen LogP contribution in [0.2, 0.25) is 0 Å². The molecule has 0 radical (unpaired) electrons. The number of rotatable bonds is 10. The Bertz CT molecular complexity index is 1530. The average Bonchev–Trinajstić information content (AvgIpc) is 3.36. The summed E-state index contributed by atoms with van der Waals surface area (Å²) in [4.78, 5) is 18.1. The molecule has 0 aliphatic rings. The molecule has 9 heteroatoms. The zero-order valence-electron chi connectivity index (χ0n) is 20.8. The number of H-pyrrole nitrogens is 1. The Morgan fingerprint density at radius 1 is 0.838 bits per heavy atom. The molecule has 1 N–H and O–H groups in total. The Morgan fingerprint density at radius 2 is 1.59 bits per heavy atom. The Hall–Kier alpha value is -4.50. The lowest BCUT2D eigenvalue weighted by Gasteiger charge is -2.22. The highest BCUT2D eigenvalue weighted by atomic mass is 16.5. The van der Waals surface area contributed by atoms with Gasteiger partial charge in [0.1, 0.15) is 11.5 Å². The third-order valence-corrected chi connectivity index (χ3v) is 6.23. The number of nitrogens with zero attached hydrogens (tertiary/aromatic N) is 5. The molecule has 5 aromatic rings. The van der Waals surface area contributed by atoms with Crippen molar-refractivity contribution in [2.75, 3.05) is 14.2 Å². The van der Waals surface area contributed by atoms with Gasteiger partial charge in [-0.15, -0.1) is 5.10 Å². The highest BCUT2D eigenvalue weighted by Crippen LogP contribution is 2.20. The van der Waals surface area contributed by atoms with E-state index in [2.05, 4.69) is 37.5 Å². The summed E-state index contributed by atoms with van der Waals surface area (Å²) in [7, 11) is 3.28. The molecule has 9 nitrogen and oxygen atoms in total. The molecule has 0 aliphatic carbocycles. The molecule has 0 bridgehead atoms. The van der Waals surface area contributed by atoms with Crippen molar-refractivity contribution in [2.45, 2.75) is 26.2 Å². The molecule has 0 aliphatic heterocycles. The van der Waals surface area contributed by atoms with Gasteiger partial charge in [-0.3, -0.25) is 9.69 Å². The number of nitrogens with one attached hydrogen (secondary N) is 1. The van der Waals surface area contributed by atoms with Crippen molar-refractivity contribution in [3.63, 3.8) is 0 Å². The number of benzene rings is 3. The number of methoxy groups -OCH3 is 2. The fourth-order valence-corrected chi connectivity index (χ4v) is 4.29. The summed E-state index contributed by atoms with van der Waals surface area (Å²) >= 11 is 0. The summed E-state index contributed by atoms with van der Waals surface area (Å²) in [5, 5.41) is 13.4. The average molecular weight is 497 g/mol. The van der Waals surface area contributed by atoms with Gasteiger partial charge in [0, 0.05) is 29.6 Å². The van der Waals surface area contributed by atoms with Crippen molar-refractivity contribution in [3.8, 4) is 11.5 Å². The maximum absolute atomic E-state index is 13.0. The first-order valence-electron chi connectivity index (χ1n) is 12.0. The second kappa shape index (κ2) is 11.0. The molecule has 0 saturated heterocycles. The van der Waals surface area contributed by atoms with Crippen LogP contribution in [-0.4, -0.2) is 44.3 Å². The van der Waals surface area contributed by atoms with Crippen molar-refractivity contribution >= 4 is 10.9 Å². The molecule has 188 valence electrons. The Labute approximate surface area is 214 Å². The first-order valence-corrected chi connectivity index (χ1v) is 12.0. The number of pyridine rings is 1. The fourth-order valence-electron chi connectivity index (χ4n) is 4.29. The van der Waals surface area contributed by atoms with Crippen LogP contribution in [0.5, 0.6) is 11.5 Å². The van der Waals surface area contributed by atoms with Crippen LogP contribution >= 0.6 is 0 Å². The van der Waals surface area contributed by atoms with Crippen molar-refractivity contribution < 1.29 is 9.47 Å². The van der Waals surface area contributed by atoms with Gasteiger partial charge in [0.05, 0.1) is 27.3 Å². The minimum Gasteiger partial charge on any atom is -0.497 e. The molecular formula is C28H28N6O3. The minimum atomic E-state index is -0.117. The van der Waals surface area contributed by atoms with Crippen LogP contribution in [0.3, 0.4) is 0 Å². The second-order valence-corrected chi connectivity index (χ2v) is 8.81. The van der Waals surface area contributed by atoms with Crippen LogP contribution in [-0.2, 0) is 26.2 Å². The molecule has 2 heterocycles. The molecule has 0 unspecified atom stereocenters. The zero-order valence-corrected chi connectivity index (χ0v) is 20.8. The maximum Gasteiger partial charge on any atom is 0.252 e. The Balaban J connectivity index is 1.42. The summed E-state index contributed by atoms with van der Waals surface area (Å²) in [6.07, 6.45) is 0. The van der Waals surface area contributed by atoms with Crippen LogP contribution in [0, 0.1) is 0 Å². The van der Waals surface area contributed by atoms with Crippen molar-refractivity contribution in [1.82, 2.24) is 30.1 Å². The van der Waals surface area contributed by atoms with Crippen molar-refractivity contribution in [3.05, 3.63) is 112 Å². The van der Waals surface area contributed by atoms with Crippen LogP contribution in [0.25, 0.3) is 10.9 Å². The zero-order chi connectivity index (χ0) is 25.6. The standard InChI is InChI=1S/C28H28N6O3/c1-36-24-10-8-21(9-11-24)17-34-27(30-31-32-34)19-33(16-20-6-4-3-5-7-20)18-23-14-22-15-25(37-2)12-13-26(22)29-28(23)35/h3-15H,16-19H2,1-2H3,(H,29,35). The van der Waals surface area contributed by atoms with E-state index >= 15 is 0 Å². The van der Waals surface area contributed by atoms with Crippen LogP contribution in [0.1, 0.15) is 22.5 Å². The second-order valence-electron chi connectivity index (χ2n) is 8.81. The van der Waals surface area contributed by atoms with Gasteiger partial charge in [-0.2, -0.15) is 0 Å². The highest BCUT2D eigenvalue weighted by Gasteiger charge is 2.16. The summed E-state index contributed by atoms with van der Waals surface area (Å²) in [6, 6.07) is 25.5. The summed E-state index contributed by atoms with van der Waals surface area (Å²) in [6.45, 7) is 2.05. The summed E-state index contributed by atoms with van der Waals surface area (Å²) in [5.74, 6) is 2.25. The van der Waals surface area contributed by atoms with Crippen LogP contribution in [0.15, 0.2) is 83.7 Å². The van der Waals surface area contributed by atoms with E-state index in [9.17, 15) is 4.79 Å². The van der Waals surface area contributed by atoms with Gasteiger partial charge >= 0.3 is 0 Å². The monoisotopic (exact) mass is 496 g/mol. The largest absolute Gasteiger partial charge is 0.497 e. The number of fused-ring (bicyclic) bond motifs is 1. The van der Waals surface area contributed by atoms with E-state index in [1.54, 1.807) is 18.9 Å². The lowest BCUT2D eigenvalue weighted by Crippen LogP contribution is -2.28. The van der Waals surface area contributed by atoms with E-state index in [4.69, 9.17) is 9.47 Å². The van der Waals surface area contributed by atoms with E-state index in [1.807, 2.05) is 66.7 Å². The van der Waals surface area contributed by atoms with E-state index in [0.717, 1.165) is 33.5 Å². The van der Waals surface area contributed by atoms with Gasteiger partial charge in [-0.25, -0.2) is 4.68 Å². The third-order valence-electron chi connectivity index (χ3n) is 6.23. The van der Waals surface area contributed by atoms with E-state index in [0.29, 0.717) is 37.6 Å². The van der Waals surface area contributed by atoms with Gasteiger partial charge in [0.2, 0.25) is 0 Å². The van der Waals surface area contributed by atoms with Crippen molar-refractivity contribution in [2.24, 2.45) is 0 Å². The molecule has 0 atom stereocenters. The molecule has 0 fully saturated rings. The molecule has 0 amide bonds. The maximum atomic E-state index is 13.0. The van der Waals surface area contributed by atoms with Gasteiger partial charge in [-0.1, -0.05) is 42.5 Å². The van der Waals surface area contributed by atoms with E-state index < -0.39 is 0 Å². The SMILES string of the molecule is COc1ccc(Cn2nnnc2CN(Cc2ccccc2)Cc2cc3cc(OC)ccc3[nH]c2=O)cc1. The number of hydrogen-bond donors (Lipinski definition) is 1. The molecule has 2 aromatic heterocycles. The minimum absolute atomic E-state index is 0.117. The topological polar surface area (TPSA) is 98.2 Å². The van der Waals surface area contributed by atoms with Crippen LogP contribution in [0.4, 0.5) is 0 Å². The van der Waals surface area contributed by atoms with Gasteiger partial charge in [0.25, 0.3) is 5.56 Å². The molecule has 0 spiro atoms. The third kappa shape index (κ3) is 5.84. The number of ether oxygens (including phenoxy) is 2. The number of aromatic nitrogens is 5. The fraction of sp³-hybridized carbons (Fsp3) is 0.214. The van der Waals surface area contributed by atoms with Crippen LogP contribution < -0.4 is 15.0 Å². The predicted molar refractivity (Wildman–Crippen MR) is 140 cm³/mol. The summed E-state index contributed by atoms with van der Waals surface area (Å²) < 4.78 is 12.4. The first kappa shape index (κ1) is 24.2.